The highest BCUT2D eigenvalue weighted by molar-refractivity contribution is 5.87. The molecule has 1 aromatic carbocycles. The van der Waals surface area contributed by atoms with Crippen LogP contribution >= 0.6 is 0 Å². The topological polar surface area (TPSA) is 71.1 Å². The molecular formula is C17H22O6. The van der Waals surface area contributed by atoms with Crippen molar-refractivity contribution >= 4 is 11.9 Å². The molecular weight excluding hydrogens is 300 g/mol. The molecule has 1 rings (SSSR count). The van der Waals surface area contributed by atoms with Crippen LogP contribution in [0.4, 0.5) is 0 Å². The molecule has 2 unspecified atom stereocenters. The molecule has 0 aliphatic rings. The van der Waals surface area contributed by atoms with Gasteiger partial charge in [0, 0.05) is 26.2 Å². The van der Waals surface area contributed by atoms with Crippen LogP contribution in [0.3, 0.4) is 0 Å². The Labute approximate surface area is 136 Å². The number of carbonyl (C=O) groups is 2. The third-order valence-electron chi connectivity index (χ3n) is 3.02. The van der Waals surface area contributed by atoms with Gasteiger partial charge < -0.3 is 18.9 Å². The Bertz CT molecular complexity index is 525. The molecule has 0 spiro atoms. The third kappa shape index (κ3) is 6.63. The summed E-state index contributed by atoms with van der Waals surface area (Å²) in [5.74, 6) is -0.617. The minimum absolute atomic E-state index is 0.277. The molecule has 0 aliphatic heterocycles. The number of benzene rings is 1. The Kier molecular flexibility index (Phi) is 8.01. The quantitative estimate of drug-likeness (QED) is 0.301. The number of hydrogen-bond donors (Lipinski definition) is 0. The second-order valence-corrected chi connectivity index (χ2v) is 4.89. The maximum Gasteiger partial charge on any atom is 0.340 e. The van der Waals surface area contributed by atoms with E-state index in [0.29, 0.717) is 5.75 Å². The van der Waals surface area contributed by atoms with Crippen LogP contribution < -0.4 is 4.74 Å². The first-order chi connectivity index (χ1) is 11.0. The van der Waals surface area contributed by atoms with Crippen molar-refractivity contribution in [2.24, 2.45) is 0 Å². The van der Waals surface area contributed by atoms with Gasteiger partial charge in [0.25, 0.3) is 0 Å². The largest absolute Gasteiger partial charge is 0.432 e. The number of methoxy groups -OCH3 is 2. The molecule has 0 aliphatic carbocycles. The molecule has 0 heterocycles. The summed E-state index contributed by atoms with van der Waals surface area (Å²) < 4.78 is 20.5. The number of para-hydroxylation sites is 1. The summed E-state index contributed by atoms with van der Waals surface area (Å²) >= 11 is 0. The van der Waals surface area contributed by atoms with Crippen LogP contribution in [-0.4, -0.2) is 38.6 Å². The predicted octanol–water partition coefficient (Wildman–Crippen LogP) is 2.48. The zero-order valence-corrected chi connectivity index (χ0v) is 13.6. The van der Waals surface area contributed by atoms with Gasteiger partial charge in [-0.05, 0) is 25.5 Å². The Morgan fingerprint density at radius 2 is 1.74 bits per heavy atom. The van der Waals surface area contributed by atoms with Crippen LogP contribution in [0.15, 0.2) is 42.5 Å². The van der Waals surface area contributed by atoms with Crippen LogP contribution in [0.5, 0.6) is 5.75 Å². The molecule has 126 valence electrons. The number of hydrogen-bond acceptors (Lipinski definition) is 6. The van der Waals surface area contributed by atoms with Crippen LogP contribution in [0.1, 0.15) is 19.8 Å². The predicted molar refractivity (Wildman–Crippen MR) is 83.8 cm³/mol. The molecule has 0 N–H and O–H groups in total. The second-order valence-electron chi connectivity index (χ2n) is 4.89. The first kappa shape index (κ1) is 18.9. The van der Waals surface area contributed by atoms with Gasteiger partial charge in [0.2, 0.25) is 6.29 Å². The first-order valence-corrected chi connectivity index (χ1v) is 7.16. The van der Waals surface area contributed by atoms with E-state index in [2.05, 4.69) is 6.58 Å². The van der Waals surface area contributed by atoms with Gasteiger partial charge in [0.1, 0.15) is 5.75 Å². The van der Waals surface area contributed by atoms with Gasteiger partial charge in [-0.3, -0.25) is 0 Å². The molecule has 2 atom stereocenters. The average Bonchev–Trinajstić information content (AvgIpc) is 2.54. The Morgan fingerprint density at radius 1 is 1.09 bits per heavy atom. The normalized spacial score (nSPS) is 13.0. The SMILES string of the molecule is C=C(C)C(=O)OC(CCC(OC)C(=O)Oc1ccccc1)OC. The average molecular weight is 322 g/mol. The van der Waals surface area contributed by atoms with Crippen LogP contribution in [0, 0.1) is 0 Å². The van der Waals surface area contributed by atoms with Gasteiger partial charge in [0.15, 0.2) is 6.10 Å². The van der Waals surface area contributed by atoms with Gasteiger partial charge >= 0.3 is 11.9 Å². The summed E-state index contributed by atoms with van der Waals surface area (Å²) in [6.45, 7) is 5.05. The van der Waals surface area contributed by atoms with E-state index in [4.69, 9.17) is 18.9 Å². The van der Waals surface area contributed by atoms with E-state index in [1.165, 1.54) is 14.2 Å². The monoisotopic (exact) mass is 322 g/mol. The van der Waals surface area contributed by atoms with Crippen LogP contribution in [0.25, 0.3) is 0 Å². The number of carbonyl (C=O) groups excluding carboxylic acids is 2. The fourth-order valence-corrected chi connectivity index (χ4v) is 1.73. The maximum atomic E-state index is 12.1. The van der Waals surface area contributed by atoms with Crippen molar-refractivity contribution in [3.05, 3.63) is 42.5 Å². The maximum absolute atomic E-state index is 12.1. The van der Waals surface area contributed by atoms with Gasteiger partial charge in [-0.2, -0.15) is 0 Å². The zero-order valence-electron chi connectivity index (χ0n) is 13.6. The molecule has 0 bridgehead atoms. The summed E-state index contributed by atoms with van der Waals surface area (Å²) in [5.41, 5.74) is 0.277. The molecule has 0 saturated heterocycles. The summed E-state index contributed by atoms with van der Waals surface area (Å²) in [7, 11) is 2.83. The summed E-state index contributed by atoms with van der Waals surface area (Å²) in [6, 6.07) is 8.71. The molecule has 0 amide bonds. The molecule has 0 fully saturated rings. The molecule has 0 aromatic heterocycles. The lowest BCUT2D eigenvalue weighted by molar-refractivity contribution is -0.171. The standard InChI is InChI=1S/C17H22O6/c1-12(2)16(18)23-15(21-4)11-10-14(20-3)17(19)22-13-8-6-5-7-9-13/h5-9,14-15H,1,10-11H2,2-4H3. The lowest BCUT2D eigenvalue weighted by atomic mass is 10.2. The fourth-order valence-electron chi connectivity index (χ4n) is 1.73. The van der Waals surface area contributed by atoms with Crippen LogP contribution in [-0.2, 0) is 23.8 Å². The van der Waals surface area contributed by atoms with Crippen molar-refractivity contribution in [2.75, 3.05) is 14.2 Å². The van der Waals surface area contributed by atoms with Crippen LogP contribution in [0.2, 0.25) is 0 Å². The van der Waals surface area contributed by atoms with E-state index in [-0.39, 0.29) is 18.4 Å². The van der Waals surface area contributed by atoms with Gasteiger partial charge in [-0.25, -0.2) is 9.59 Å². The van der Waals surface area contributed by atoms with E-state index in [9.17, 15) is 9.59 Å². The van der Waals surface area contributed by atoms with E-state index in [0.717, 1.165) is 0 Å². The molecule has 0 saturated carbocycles. The van der Waals surface area contributed by atoms with Crippen molar-refractivity contribution in [3.8, 4) is 5.75 Å². The molecule has 0 radical (unpaired) electrons. The van der Waals surface area contributed by atoms with E-state index < -0.39 is 24.3 Å². The summed E-state index contributed by atoms with van der Waals surface area (Å²) in [6.07, 6.45) is -0.986. The highest BCUT2D eigenvalue weighted by Gasteiger charge is 2.23. The minimum Gasteiger partial charge on any atom is -0.432 e. The highest BCUT2D eigenvalue weighted by Crippen LogP contribution is 2.14. The summed E-state index contributed by atoms with van der Waals surface area (Å²) in [4.78, 5) is 23.5. The highest BCUT2D eigenvalue weighted by atomic mass is 16.7. The number of rotatable bonds is 9. The summed E-state index contributed by atoms with van der Waals surface area (Å²) in [5, 5.41) is 0. The van der Waals surface area contributed by atoms with Gasteiger partial charge in [-0.15, -0.1) is 0 Å². The Morgan fingerprint density at radius 3 is 2.26 bits per heavy atom. The Hall–Kier alpha value is -2.18. The van der Waals surface area contributed by atoms with Crippen molar-refractivity contribution in [3.63, 3.8) is 0 Å². The molecule has 6 heteroatoms. The van der Waals surface area contributed by atoms with E-state index in [1.807, 2.05) is 6.07 Å². The third-order valence-corrected chi connectivity index (χ3v) is 3.02. The van der Waals surface area contributed by atoms with Crippen molar-refractivity contribution < 1.29 is 28.5 Å². The second kappa shape index (κ2) is 9.76. The molecule has 6 nitrogen and oxygen atoms in total. The van der Waals surface area contributed by atoms with E-state index >= 15 is 0 Å². The van der Waals surface area contributed by atoms with Crippen molar-refractivity contribution in [1.82, 2.24) is 0 Å². The molecule has 1 aromatic rings. The van der Waals surface area contributed by atoms with Gasteiger partial charge in [-0.1, -0.05) is 24.8 Å². The van der Waals surface area contributed by atoms with Crippen molar-refractivity contribution in [2.45, 2.75) is 32.2 Å². The molecule has 23 heavy (non-hydrogen) atoms. The van der Waals surface area contributed by atoms with Crippen molar-refractivity contribution in [1.29, 1.82) is 0 Å². The number of ether oxygens (including phenoxy) is 4. The smallest absolute Gasteiger partial charge is 0.340 e. The Balaban J connectivity index is 2.52. The van der Waals surface area contributed by atoms with Gasteiger partial charge in [0.05, 0.1) is 0 Å². The lowest BCUT2D eigenvalue weighted by Crippen LogP contribution is -2.30. The van der Waals surface area contributed by atoms with E-state index in [1.54, 1.807) is 31.2 Å². The number of esters is 2. The minimum atomic E-state index is -0.781. The first-order valence-electron chi connectivity index (χ1n) is 7.16. The lowest BCUT2D eigenvalue weighted by Gasteiger charge is -2.19. The zero-order chi connectivity index (χ0) is 17.2. The fraction of sp³-hybridized carbons (Fsp3) is 0.412.